The molecule has 1 nitrogen and oxygen atoms in total. The zero-order valence-corrected chi connectivity index (χ0v) is 12.4. The lowest BCUT2D eigenvalue weighted by atomic mass is 9.98. The number of rotatable bonds is 3. The van der Waals surface area contributed by atoms with Crippen molar-refractivity contribution in [2.45, 2.75) is 6.04 Å². The summed E-state index contributed by atoms with van der Waals surface area (Å²) in [4.78, 5) is 0. The Labute approximate surface area is 123 Å². The lowest BCUT2D eigenvalue weighted by Gasteiger charge is -2.20. The fraction of sp³-hybridized carbons (Fsp3) is 0.143. The molecule has 2 aromatic rings. The van der Waals surface area contributed by atoms with E-state index in [0.717, 1.165) is 0 Å². The van der Waals surface area contributed by atoms with Crippen molar-refractivity contribution in [2.24, 2.45) is 0 Å². The molecular weight excluding hydrogens is 336 g/mol. The van der Waals surface area contributed by atoms with Crippen LogP contribution in [0.5, 0.6) is 0 Å². The van der Waals surface area contributed by atoms with Gasteiger partial charge in [-0.15, -0.1) is 0 Å². The van der Waals surface area contributed by atoms with Gasteiger partial charge in [0.25, 0.3) is 0 Å². The standard InChI is InChI=1S/C14H11BrClF2N/c1-19-14(8-4-2-5-9(15)13(8)18)12-10(16)6-3-7-11(12)17/h2-7,14,19H,1H3. The molecule has 0 bridgehead atoms. The molecule has 5 heteroatoms. The minimum absolute atomic E-state index is 0.240. The van der Waals surface area contributed by atoms with E-state index < -0.39 is 17.7 Å². The molecule has 19 heavy (non-hydrogen) atoms. The van der Waals surface area contributed by atoms with Gasteiger partial charge in [0.1, 0.15) is 11.6 Å². The molecule has 0 aliphatic carbocycles. The molecule has 100 valence electrons. The summed E-state index contributed by atoms with van der Waals surface area (Å²) in [5.41, 5.74) is 0.576. The van der Waals surface area contributed by atoms with Crippen LogP contribution in [0, 0.1) is 11.6 Å². The Morgan fingerprint density at radius 1 is 1.16 bits per heavy atom. The Kier molecular flexibility index (Phi) is 4.55. The van der Waals surface area contributed by atoms with E-state index in [1.165, 1.54) is 12.1 Å². The van der Waals surface area contributed by atoms with Crippen LogP contribution in [0.3, 0.4) is 0 Å². The van der Waals surface area contributed by atoms with E-state index in [1.807, 2.05) is 0 Å². The fourth-order valence-electron chi connectivity index (χ4n) is 1.99. The normalized spacial score (nSPS) is 12.5. The molecule has 0 spiro atoms. The van der Waals surface area contributed by atoms with Crippen molar-refractivity contribution in [1.82, 2.24) is 5.32 Å². The second kappa shape index (κ2) is 5.99. The number of hydrogen-bond acceptors (Lipinski definition) is 1. The van der Waals surface area contributed by atoms with Gasteiger partial charge in [-0.3, -0.25) is 0 Å². The molecule has 1 N–H and O–H groups in total. The van der Waals surface area contributed by atoms with Gasteiger partial charge in [-0.25, -0.2) is 8.78 Å². The van der Waals surface area contributed by atoms with Crippen LogP contribution in [0.2, 0.25) is 5.02 Å². The van der Waals surface area contributed by atoms with Crippen molar-refractivity contribution in [3.8, 4) is 0 Å². The van der Waals surface area contributed by atoms with Gasteiger partial charge in [-0.2, -0.15) is 0 Å². The van der Waals surface area contributed by atoms with E-state index in [9.17, 15) is 8.78 Å². The van der Waals surface area contributed by atoms with Crippen molar-refractivity contribution in [2.75, 3.05) is 7.05 Å². The highest BCUT2D eigenvalue weighted by molar-refractivity contribution is 9.10. The third-order valence-corrected chi connectivity index (χ3v) is 3.81. The largest absolute Gasteiger partial charge is 0.309 e. The SMILES string of the molecule is CNC(c1cccc(Br)c1F)c1c(F)cccc1Cl. The van der Waals surface area contributed by atoms with Crippen LogP contribution < -0.4 is 5.32 Å². The fourth-order valence-corrected chi connectivity index (χ4v) is 2.64. The van der Waals surface area contributed by atoms with E-state index in [4.69, 9.17) is 11.6 Å². The smallest absolute Gasteiger partial charge is 0.142 e. The molecule has 0 amide bonds. The van der Waals surface area contributed by atoms with Gasteiger partial charge in [-0.05, 0) is 41.2 Å². The van der Waals surface area contributed by atoms with Crippen molar-refractivity contribution in [3.63, 3.8) is 0 Å². The molecule has 2 aromatic carbocycles. The zero-order valence-electron chi connectivity index (χ0n) is 10.1. The molecule has 0 radical (unpaired) electrons. The van der Waals surface area contributed by atoms with Gasteiger partial charge in [0.2, 0.25) is 0 Å². The van der Waals surface area contributed by atoms with E-state index in [-0.39, 0.29) is 10.6 Å². The van der Waals surface area contributed by atoms with E-state index in [0.29, 0.717) is 10.0 Å². The molecule has 0 saturated heterocycles. The molecule has 0 fully saturated rings. The second-order valence-corrected chi connectivity index (χ2v) is 5.26. The Bertz CT molecular complexity index is 584. The highest BCUT2D eigenvalue weighted by Gasteiger charge is 2.22. The van der Waals surface area contributed by atoms with Gasteiger partial charge < -0.3 is 5.32 Å². The third-order valence-electron chi connectivity index (χ3n) is 2.87. The van der Waals surface area contributed by atoms with Gasteiger partial charge in [0, 0.05) is 16.1 Å². The Hall–Kier alpha value is -0.970. The summed E-state index contributed by atoms with van der Waals surface area (Å²) in [5.74, 6) is -0.896. The molecule has 0 heterocycles. The predicted molar refractivity (Wildman–Crippen MR) is 76.4 cm³/mol. The Morgan fingerprint density at radius 2 is 1.84 bits per heavy atom. The first-order valence-corrected chi connectivity index (χ1v) is 6.78. The molecule has 1 atom stereocenters. The van der Waals surface area contributed by atoms with Crippen molar-refractivity contribution in [3.05, 3.63) is 68.7 Å². The quantitative estimate of drug-likeness (QED) is 0.850. The van der Waals surface area contributed by atoms with E-state index in [1.54, 1.807) is 31.3 Å². The maximum atomic E-state index is 14.1. The lowest BCUT2D eigenvalue weighted by Crippen LogP contribution is -2.20. The van der Waals surface area contributed by atoms with Crippen LogP contribution in [0.1, 0.15) is 17.2 Å². The highest BCUT2D eigenvalue weighted by atomic mass is 79.9. The van der Waals surface area contributed by atoms with Gasteiger partial charge in [-0.1, -0.05) is 29.8 Å². The number of nitrogens with one attached hydrogen (secondary N) is 1. The van der Waals surface area contributed by atoms with Crippen LogP contribution in [0.25, 0.3) is 0 Å². The van der Waals surface area contributed by atoms with Crippen LogP contribution in [0.4, 0.5) is 8.78 Å². The monoisotopic (exact) mass is 345 g/mol. The lowest BCUT2D eigenvalue weighted by molar-refractivity contribution is 0.544. The summed E-state index contributed by atoms with van der Waals surface area (Å²) in [6.45, 7) is 0. The topological polar surface area (TPSA) is 12.0 Å². The van der Waals surface area contributed by atoms with Gasteiger partial charge >= 0.3 is 0 Å². The van der Waals surface area contributed by atoms with Crippen molar-refractivity contribution < 1.29 is 8.78 Å². The molecule has 2 rings (SSSR count). The summed E-state index contributed by atoms with van der Waals surface area (Å²) < 4.78 is 28.4. The van der Waals surface area contributed by atoms with Crippen molar-refractivity contribution in [1.29, 1.82) is 0 Å². The van der Waals surface area contributed by atoms with Crippen LogP contribution in [-0.2, 0) is 0 Å². The minimum atomic E-state index is -0.647. The van der Waals surface area contributed by atoms with Gasteiger partial charge in [0.15, 0.2) is 0 Å². The molecule has 0 aliphatic heterocycles. The van der Waals surface area contributed by atoms with Crippen molar-refractivity contribution >= 4 is 27.5 Å². The summed E-state index contributed by atoms with van der Waals surface area (Å²) in [5, 5.41) is 3.16. The molecule has 0 aromatic heterocycles. The summed E-state index contributed by atoms with van der Waals surface area (Å²) in [6.07, 6.45) is 0. The second-order valence-electron chi connectivity index (χ2n) is 4.00. The molecule has 0 saturated carbocycles. The predicted octanol–water partition coefficient (Wildman–Crippen LogP) is 4.69. The first-order valence-electron chi connectivity index (χ1n) is 5.61. The van der Waals surface area contributed by atoms with Crippen LogP contribution >= 0.6 is 27.5 Å². The average molecular weight is 347 g/mol. The van der Waals surface area contributed by atoms with E-state index in [2.05, 4.69) is 21.2 Å². The molecule has 1 unspecified atom stereocenters. The third kappa shape index (κ3) is 2.81. The minimum Gasteiger partial charge on any atom is -0.309 e. The first kappa shape index (κ1) is 14.4. The highest BCUT2D eigenvalue weighted by Crippen LogP contribution is 2.33. The Morgan fingerprint density at radius 3 is 2.47 bits per heavy atom. The van der Waals surface area contributed by atoms with Crippen LogP contribution in [0.15, 0.2) is 40.9 Å². The van der Waals surface area contributed by atoms with Crippen LogP contribution in [-0.4, -0.2) is 7.05 Å². The first-order chi connectivity index (χ1) is 9.06. The zero-order chi connectivity index (χ0) is 14.0. The summed E-state index contributed by atoms with van der Waals surface area (Å²) in [7, 11) is 1.63. The number of benzene rings is 2. The maximum absolute atomic E-state index is 14.1. The molecular formula is C14H11BrClF2N. The summed E-state index contributed by atoms with van der Waals surface area (Å²) >= 11 is 9.15. The maximum Gasteiger partial charge on any atom is 0.142 e. The Balaban J connectivity index is 2.60. The molecule has 0 aliphatic rings. The average Bonchev–Trinajstić information content (AvgIpc) is 2.38. The summed E-state index contributed by atoms with van der Waals surface area (Å²) in [6, 6.07) is 8.65. The number of hydrogen-bond donors (Lipinski definition) is 1. The number of halogens is 4. The van der Waals surface area contributed by atoms with E-state index >= 15 is 0 Å². The van der Waals surface area contributed by atoms with Gasteiger partial charge in [0.05, 0.1) is 10.5 Å².